The molecule has 0 amide bonds. The molecule has 0 aliphatic heterocycles. The molecule has 11 heteroatoms. The van der Waals surface area contributed by atoms with E-state index in [1.807, 2.05) is 0 Å². The highest BCUT2D eigenvalue weighted by atomic mass is 32.2. The second-order valence-corrected chi connectivity index (χ2v) is 5.19. The molecule has 0 saturated carbocycles. The molecule has 2 aromatic carbocycles. The van der Waals surface area contributed by atoms with Crippen molar-refractivity contribution in [3.8, 4) is 5.75 Å². The number of benzene rings is 2. The summed E-state index contributed by atoms with van der Waals surface area (Å²) in [6, 6.07) is 4.81. The van der Waals surface area contributed by atoms with Crippen molar-refractivity contribution >= 4 is 32.3 Å². The highest BCUT2D eigenvalue weighted by molar-refractivity contribution is 7.86. The zero-order chi connectivity index (χ0) is 15.6. The maximum Gasteiger partial charge on any atom is 0.295 e. The molecular weight excluding hydrogens is 300 g/mol. The summed E-state index contributed by atoms with van der Waals surface area (Å²) in [4.78, 5) is 4.58. The molecule has 0 saturated heterocycles. The quantitative estimate of drug-likeness (QED) is 0.381. The lowest BCUT2D eigenvalue weighted by Gasteiger charge is -2.10. The SMILES string of the molecule is [N-]=[N+]=Nc1c(O)cc2c(S(=O)(=O)O)cccc2c1N=[N+]=[N-]. The number of phenols is 1. The Labute approximate surface area is 117 Å². The lowest BCUT2D eigenvalue weighted by atomic mass is 10.1. The van der Waals surface area contributed by atoms with Crippen molar-refractivity contribution in [2.24, 2.45) is 10.2 Å². The molecule has 0 unspecified atom stereocenters. The van der Waals surface area contributed by atoms with E-state index in [1.54, 1.807) is 0 Å². The average Bonchev–Trinajstić information content (AvgIpc) is 2.41. The maximum atomic E-state index is 11.3. The molecule has 0 aliphatic rings. The first-order valence-corrected chi connectivity index (χ1v) is 6.70. The highest BCUT2D eigenvalue weighted by Gasteiger charge is 2.18. The van der Waals surface area contributed by atoms with Crippen LogP contribution in [0.25, 0.3) is 31.7 Å². The number of hydrogen-bond donors (Lipinski definition) is 2. The monoisotopic (exact) mass is 306 g/mol. The molecule has 0 heterocycles. The summed E-state index contributed by atoms with van der Waals surface area (Å²) < 4.78 is 31.8. The molecule has 2 aromatic rings. The van der Waals surface area contributed by atoms with Crippen molar-refractivity contribution in [3.05, 3.63) is 45.2 Å². The maximum absolute atomic E-state index is 11.3. The van der Waals surface area contributed by atoms with Crippen LogP contribution in [0.1, 0.15) is 0 Å². The Morgan fingerprint density at radius 3 is 2.24 bits per heavy atom. The Bertz CT molecular complexity index is 942. The highest BCUT2D eigenvalue weighted by Crippen LogP contribution is 2.44. The second kappa shape index (κ2) is 5.19. The van der Waals surface area contributed by atoms with Gasteiger partial charge in [-0.25, -0.2) is 0 Å². The van der Waals surface area contributed by atoms with Crippen LogP contribution in [0.3, 0.4) is 0 Å². The zero-order valence-corrected chi connectivity index (χ0v) is 10.9. The van der Waals surface area contributed by atoms with Crippen molar-refractivity contribution in [1.29, 1.82) is 0 Å². The number of hydrogen-bond acceptors (Lipinski definition) is 5. The van der Waals surface area contributed by atoms with Gasteiger partial charge in [0.1, 0.15) is 10.6 Å². The number of aromatic hydroxyl groups is 1. The van der Waals surface area contributed by atoms with E-state index in [1.165, 1.54) is 12.1 Å². The summed E-state index contributed by atoms with van der Waals surface area (Å²) in [5.41, 5.74) is 16.5. The fourth-order valence-corrected chi connectivity index (χ4v) is 2.56. The van der Waals surface area contributed by atoms with Crippen LogP contribution < -0.4 is 0 Å². The molecular formula is C10H6N6O4S. The predicted octanol–water partition coefficient (Wildman–Crippen LogP) is 3.68. The predicted molar refractivity (Wildman–Crippen MR) is 73.0 cm³/mol. The smallest absolute Gasteiger partial charge is 0.295 e. The van der Waals surface area contributed by atoms with Gasteiger partial charge in [-0.1, -0.05) is 22.4 Å². The number of nitrogens with zero attached hydrogens (tertiary/aromatic N) is 6. The van der Waals surface area contributed by atoms with E-state index in [2.05, 4.69) is 20.1 Å². The third kappa shape index (κ3) is 2.53. The minimum Gasteiger partial charge on any atom is -0.507 e. The lowest BCUT2D eigenvalue weighted by Crippen LogP contribution is -1.98. The van der Waals surface area contributed by atoms with Crippen LogP contribution in [0.5, 0.6) is 5.75 Å². The largest absolute Gasteiger partial charge is 0.507 e. The first kappa shape index (κ1) is 14.4. The number of fused-ring (bicyclic) bond motifs is 1. The van der Waals surface area contributed by atoms with E-state index in [4.69, 9.17) is 11.1 Å². The molecule has 0 aliphatic carbocycles. The van der Waals surface area contributed by atoms with E-state index in [9.17, 15) is 18.1 Å². The topological polar surface area (TPSA) is 172 Å². The second-order valence-electron chi connectivity index (χ2n) is 3.80. The third-order valence-corrected chi connectivity index (χ3v) is 3.55. The minimum absolute atomic E-state index is 0.0724. The van der Waals surface area contributed by atoms with Gasteiger partial charge in [0.15, 0.2) is 0 Å². The van der Waals surface area contributed by atoms with Crippen molar-refractivity contribution < 1.29 is 18.1 Å². The summed E-state index contributed by atoms with van der Waals surface area (Å²) in [5, 5.41) is 16.4. The molecule has 0 aromatic heterocycles. The van der Waals surface area contributed by atoms with Crippen molar-refractivity contribution in [2.75, 3.05) is 0 Å². The molecule has 2 rings (SSSR count). The zero-order valence-electron chi connectivity index (χ0n) is 10.1. The van der Waals surface area contributed by atoms with E-state index in [0.29, 0.717) is 0 Å². The van der Waals surface area contributed by atoms with Gasteiger partial charge in [0.05, 0.1) is 11.4 Å². The van der Waals surface area contributed by atoms with Gasteiger partial charge in [0.2, 0.25) is 0 Å². The van der Waals surface area contributed by atoms with E-state index in [-0.39, 0.29) is 22.1 Å². The van der Waals surface area contributed by atoms with Crippen molar-refractivity contribution in [3.63, 3.8) is 0 Å². The standard InChI is InChI=1S/C10H6N6O4S/c11-15-13-9-5-2-1-3-8(21(18,19)20)6(5)4-7(17)10(9)14-16-12/h1-4,17H,(H,18,19,20). The Morgan fingerprint density at radius 2 is 1.67 bits per heavy atom. The van der Waals surface area contributed by atoms with Gasteiger partial charge in [0.25, 0.3) is 10.1 Å². The first-order chi connectivity index (χ1) is 9.90. The van der Waals surface area contributed by atoms with E-state index >= 15 is 0 Å². The normalized spacial score (nSPS) is 10.7. The molecule has 2 N–H and O–H groups in total. The first-order valence-electron chi connectivity index (χ1n) is 5.26. The lowest BCUT2D eigenvalue weighted by molar-refractivity contribution is 0.477. The van der Waals surface area contributed by atoms with Gasteiger partial charge < -0.3 is 5.11 Å². The molecule has 0 fully saturated rings. The molecule has 0 bridgehead atoms. The Hall–Kier alpha value is -2.97. The van der Waals surface area contributed by atoms with Crippen molar-refractivity contribution in [2.45, 2.75) is 4.90 Å². The summed E-state index contributed by atoms with van der Waals surface area (Å²) in [5.74, 6) is -0.584. The minimum atomic E-state index is -4.55. The van der Waals surface area contributed by atoms with Crippen molar-refractivity contribution in [1.82, 2.24) is 0 Å². The van der Waals surface area contributed by atoms with Gasteiger partial charge >= 0.3 is 0 Å². The average molecular weight is 306 g/mol. The fraction of sp³-hybridized carbons (Fsp3) is 0. The van der Waals surface area contributed by atoms with Crippen LogP contribution >= 0.6 is 0 Å². The third-order valence-electron chi connectivity index (χ3n) is 2.64. The van der Waals surface area contributed by atoms with Gasteiger partial charge in [0, 0.05) is 15.2 Å². The number of phenolic OH excluding ortho intramolecular Hbond substituents is 1. The number of rotatable bonds is 3. The Morgan fingerprint density at radius 1 is 1.05 bits per heavy atom. The van der Waals surface area contributed by atoms with Gasteiger partial charge in [-0.15, -0.1) is 0 Å². The van der Waals surface area contributed by atoms with Gasteiger partial charge in [-0.2, -0.15) is 8.42 Å². The van der Waals surface area contributed by atoms with Crippen LogP contribution in [0.15, 0.2) is 39.4 Å². The Balaban J connectivity index is 3.10. The van der Waals surface area contributed by atoms with Crippen LogP contribution in [0.4, 0.5) is 11.4 Å². The van der Waals surface area contributed by atoms with Gasteiger partial charge in [-0.05, 0) is 28.6 Å². The molecule has 0 atom stereocenters. The summed E-state index contributed by atoms with van der Waals surface area (Å²) in [6.45, 7) is 0. The number of azide groups is 2. The van der Waals surface area contributed by atoms with Crippen LogP contribution in [-0.4, -0.2) is 18.1 Å². The summed E-state index contributed by atoms with van der Waals surface area (Å²) in [7, 11) is -4.55. The van der Waals surface area contributed by atoms with E-state index < -0.39 is 20.8 Å². The molecule has 10 nitrogen and oxygen atoms in total. The molecule has 21 heavy (non-hydrogen) atoms. The van der Waals surface area contributed by atoms with Crippen LogP contribution in [0.2, 0.25) is 0 Å². The summed E-state index contributed by atoms with van der Waals surface area (Å²) in [6.07, 6.45) is 0. The van der Waals surface area contributed by atoms with Crippen LogP contribution in [0, 0.1) is 0 Å². The van der Waals surface area contributed by atoms with E-state index in [0.717, 1.165) is 12.1 Å². The summed E-state index contributed by atoms with van der Waals surface area (Å²) >= 11 is 0. The molecule has 0 spiro atoms. The fourth-order valence-electron chi connectivity index (χ4n) is 1.87. The van der Waals surface area contributed by atoms with Crippen LogP contribution in [-0.2, 0) is 10.1 Å². The molecule has 0 radical (unpaired) electrons. The van der Waals surface area contributed by atoms with Gasteiger partial charge in [-0.3, -0.25) is 4.55 Å². The molecule has 106 valence electrons. The Kier molecular flexibility index (Phi) is 3.57.